The van der Waals surface area contributed by atoms with Gasteiger partial charge in [-0.15, -0.1) is 11.3 Å². The average Bonchev–Trinajstić information content (AvgIpc) is 2.75. The first kappa shape index (κ1) is 11.6. The van der Waals surface area contributed by atoms with Crippen LogP contribution in [-0.2, 0) is 0 Å². The Kier molecular flexibility index (Phi) is 3.83. The summed E-state index contributed by atoms with van der Waals surface area (Å²) in [6.07, 6.45) is 1.30. The largest absolute Gasteiger partial charge is 0.319 e. The molecule has 0 bridgehead atoms. The molecule has 1 aromatic heterocycles. The third kappa shape index (κ3) is 2.28. The molecule has 0 amide bonds. The molecule has 1 aliphatic rings. The zero-order valence-corrected chi connectivity index (χ0v) is 11.6. The number of nitrogens with one attached hydrogen (secondary N) is 1. The summed E-state index contributed by atoms with van der Waals surface area (Å²) in [7, 11) is 4.27. The van der Waals surface area contributed by atoms with Crippen molar-refractivity contribution in [2.75, 3.05) is 27.2 Å². The summed E-state index contributed by atoms with van der Waals surface area (Å²) in [5, 5.41) is 5.47. The summed E-state index contributed by atoms with van der Waals surface area (Å²) in [5.41, 5.74) is 0. The lowest BCUT2D eigenvalue weighted by molar-refractivity contribution is 0.278. The molecule has 2 unspecified atom stereocenters. The predicted molar refractivity (Wildman–Crippen MR) is 69.4 cm³/mol. The summed E-state index contributed by atoms with van der Waals surface area (Å²) >= 11 is 5.51. The molecule has 0 spiro atoms. The van der Waals surface area contributed by atoms with E-state index in [1.165, 1.54) is 22.3 Å². The van der Waals surface area contributed by atoms with Crippen LogP contribution < -0.4 is 5.32 Å². The Bertz CT molecular complexity index is 324. The van der Waals surface area contributed by atoms with E-state index in [9.17, 15) is 0 Å². The molecule has 1 fully saturated rings. The van der Waals surface area contributed by atoms with E-state index in [4.69, 9.17) is 0 Å². The predicted octanol–water partition coefficient (Wildman–Crippen LogP) is 2.72. The van der Waals surface area contributed by atoms with E-state index in [-0.39, 0.29) is 0 Å². The lowest BCUT2D eigenvalue weighted by Crippen LogP contribution is -2.26. The molecule has 0 aromatic carbocycles. The summed E-state index contributed by atoms with van der Waals surface area (Å²) in [6, 6.07) is 2.75. The number of halogens is 1. The molecule has 2 atom stereocenters. The van der Waals surface area contributed by atoms with Crippen molar-refractivity contribution in [2.24, 2.45) is 5.92 Å². The number of thiophene rings is 1. The van der Waals surface area contributed by atoms with E-state index in [0.29, 0.717) is 6.04 Å². The summed E-state index contributed by atoms with van der Waals surface area (Å²) in [5.74, 6) is 0.745. The minimum atomic E-state index is 0.590. The Morgan fingerprint density at radius 1 is 1.67 bits per heavy atom. The maximum atomic E-state index is 3.65. The topological polar surface area (TPSA) is 15.3 Å². The van der Waals surface area contributed by atoms with Crippen molar-refractivity contribution in [1.82, 2.24) is 10.2 Å². The number of likely N-dealkylation sites (tertiary alicyclic amines) is 1. The quantitative estimate of drug-likeness (QED) is 0.920. The summed E-state index contributed by atoms with van der Waals surface area (Å²) in [6.45, 7) is 2.32. The highest BCUT2D eigenvalue weighted by Gasteiger charge is 2.34. The second kappa shape index (κ2) is 4.95. The first-order valence-corrected chi connectivity index (χ1v) is 6.99. The van der Waals surface area contributed by atoms with Gasteiger partial charge in [0.2, 0.25) is 0 Å². The van der Waals surface area contributed by atoms with Crippen molar-refractivity contribution < 1.29 is 0 Å². The van der Waals surface area contributed by atoms with E-state index in [2.05, 4.69) is 44.6 Å². The van der Waals surface area contributed by atoms with Gasteiger partial charge >= 0.3 is 0 Å². The first-order chi connectivity index (χ1) is 7.24. The van der Waals surface area contributed by atoms with Gasteiger partial charge in [0.05, 0.1) is 0 Å². The molecule has 15 heavy (non-hydrogen) atoms. The van der Waals surface area contributed by atoms with Crippen LogP contribution in [0.2, 0.25) is 0 Å². The maximum Gasteiger partial charge on any atom is 0.0490 e. The molecule has 0 radical (unpaired) electrons. The van der Waals surface area contributed by atoms with Crippen molar-refractivity contribution in [3.8, 4) is 0 Å². The van der Waals surface area contributed by atoms with Gasteiger partial charge in [-0.05, 0) is 66.9 Å². The van der Waals surface area contributed by atoms with Crippen LogP contribution in [0, 0.1) is 5.92 Å². The fourth-order valence-corrected chi connectivity index (χ4v) is 4.30. The first-order valence-electron chi connectivity index (χ1n) is 5.31. The Labute approximate surface area is 104 Å². The van der Waals surface area contributed by atoms with E-state index < -0.39 is 0 Å². The van der Waals surface area contributed by atoms with Crippen LogP contribution >= 0.6 is 27.3 Å². The highest BCUT2D eigenvalue weighted by Crippen LogP contribution is 2.41. The molecule has 1 N–H and O–H groups in total. The second-order valence-electron chi connectivity index (χ2n) is 4.16. The monoisotopic (exact) mass is 288 g/mol. The summed E-state index contributed by atoms with van der Waals surface area (Å²) in [4.78, 5) is 3.95. The third-order valence-corrected chi connectivity index (χ3v) is 5.10. The molecule has 2 nitrogen and oxygen atoms in total. The standard InChI is InChI=1S/C11H17BrN2S/c1-13-7-8-3-5-14(2)10(8)11-9(12)4-6-15-11/h4,6,8,10,13H,3,5,7H2,1-2H3. The lowest BCUT2D eigenvalue weighted by atomic mass is 9.99. The number of nitrogens with zero attached hydrogens (tertiary/aromatic N) is 1. The van der Waals surface area contributed by atoms with Gasteiger partial charge in [-0.2, -0.15) is 0 Å². The van der Waals surface area contributed by atoms with Crippen molar-refractivity contribution in [3.05, 3.63) is 20.8 Å². The van der Waals surface area contributed by atoms with Crippen molar-refractivity contribution >= 4 is 27.3 Å². The highest BCUT2D eigenvalue weighted by atomic mass is 79.9. The number of hydrogen-bond acceptors (Lipinski definition) is 3. The molecule has 2 rings (SSSR count). The Hall–Kier alpha value is 0.100. The molecule has 0 saturated carbocycles. The van der Waals surface area contributed by atoms with Crippen LogP contribution in [-0.4, -0.2) is 32.1 Å². The molecule has 1 aromatic rings. The van der Waals surface area contributed by atoms with Crippen molar-refractivity contribution in [1.29, 1.82) is 0 Å². The SMILES string of the molecule is CNCC1CCN(C)C1c1sccc1Br. The van der Waals surface area contributed by atoms with Crippen LogP contribution in [0.15, 0.2) is 15.9 Å². The third-order valence-electron chi connectivity index (χ3n) is 3.15. The lowest BCUT2D eigenvalue weighted by Gasteiger charge is -2.24. The fourth-order valence-electron chi connectivity index (χ4n) is 2.43. The molecular weight excluding hydrogens is 272 g/mol. The van der Waals surface area contributed by atoms with Gasteiger partial charge in [0.15, 0.2) is 0 Å². The Morgan fingerprint density at radius 2 is 2.47 bits per heavy atom. The minimum absolute atomic E-state index is 0.590. The molecule has 1 aliphatic heterocycles. The molecular formula is C11H17BrN2S. The maximum absolute atomic E-state index is 3.65. The van der Waals surface area contributed by atoms with E-state index in [1.807, 2.05) is 18.4 Å². The molecule has 84 valence electrons. The van der Waals surface area contributed by atoms with Crippen LogP contribution in [0.5, 0.6) is 0 Å². The molecule has 0 aliphatic carbocycles. The van der Waals surface area contributed by atoms with Gasteiger partial charge in [-0.1, -0.05) is 0 Å². The normalized spacial score (nSPS) is 27.4. The molecule has 1 saturated heterocycles. The average molecular weight is 289 g/mol. The Morgan fingerprint density at radius 3 is 3.07 bits per heavy atom. The molecule has 2 heterocycles. The fraction of sp³-hybridized carbons (Fsp3) is 0.636. The highest BCUT2D eigenvalue weighted by molar-refractivity contribution is 9.10. The van der Waals surface area contributed by atoms with Gasteiger partial charge < -0.3 is 5.32 Å². The second-order valence-corrected chi connectivity index (χ2v) is 5.97. The van der Waals surface area contributed by atoms with Gasteiger partial charge in [0, 0.05) is 15.4 Å². The van der Waals surface area contributed by atoms with Gasteiger partial charge in [0.1, 0.15) is 0 Å². The number of rotatable bonds is 3. The zero-order valence-electron chi connectivity index (χ0n) is 9.16. The molecule has 4 heteroatoms. The van der Waals surface area contributed by atoms with Gasteiger partial charge in [0.25, 0.3) is 0 Å². The minimum Gasteiger partial charge on any atom is -0.319 e. The van der Waals surface area contributed by atoms with E-state index >= 15 is 0 Å². The van der Waals surface area contributed by atoms with Gasteiger partial charge in [-0.25, -0.2) is 0 Å². The summed E-state index contributed by atoms with van der Waals surface area (Å²) < 4.78 is 1.27. The van der Waals surface area contributed by atoms with Crippen LogP contribution in [0.4, 0.5) is 0 Å². The number of hydrogen-bond donors (Lipinski definition) is 1. The van der Waals surface area contributed by atoms with E-state index in [0.717, 1.165) is 12.5 Å². The zero-order chi connectivity index (χ0) is 10.8. The van der Waals surface area contributed by atoms with E-state index in [1.54, 1.807) is 0 Å². The van der Waals surface area contributed by atoms with Crippen LogP contribution in [0.3, 0.4) is 0 Å². The smallest absolute Gasteiger partial charge is 0.0490 e. The van der Waals surface area contributed by atoms with Crippen LogP contribution in [0.1, 0.15) is 17.3 Å². The van der Waals surface area contributed by atoms with Crippen molar-refractivity contribution in [3.63, 3.8) is 0 Å². The van der Waals surface area contributed by atoms with Crippen LogP contribution in [0.25, 0.3) is 0 Å². The Balaban J connectivity index is 2.21. The van der Waals surface area contributed by atoms with Gasteiger partial charge in [-0.3, -0.25) is 4.90 Å². The van der Waals surface area contributed by atoms with Crippen molar-refractivity contribution in [2.45, 2.75) is 12.5 Å².